The SMILES string of the molecule is CC(C(=O)NCc1nc2ccccc2n1C)N1CCCCCC1. The molecular formula is C18H26N4O. The topological polar surface area (TPSA) is 50.2 Å². The van der Waals surface area contributed by atoms with Crippen LogP contribution in [-0.4, -0.2) is 39.5 Å². The Kier molecular flexibility index (Phi) is 4.96. The van der Waals surface area contributed by atoms with E-state index in [-0.39, 0.29) is 11.9 Å². The number of rotatable bonds is 4. The molecule has 1 aliphatic rings. The summed E-state index contributed by atoms with van der Waals surface area (Å²) in [5, 5.41) is 3.05. The zero-order valence-electron chi connectivity index (χ0n) is 14.1. The Morgan fingerprint density at radius 1 is 1.22 bits per heavy atom. The Balaban J connectivity index is 1.62. The molecule has 1 saturated heterocycles. The highest BCUT2D eigenvalue weighted by atomic mass is 16.2. The Bertz CT molecular complexity index is 671. The lowest BCUT2D eigenvalue weighted by atomic mass is 10.2. The largest absolute Gasteiger partial charge is 0.348 e. The number of fused-ring (bicyclic) bond motifs is 1. The summed E-state index contributed by atoms with van der Waals surface area (Å²) in [4.78, 5) is 19.4. The van der Waals surface area contributed by atoms with Gasteiger partial charge in [0.2, 0.25) is 5.91 Å². The monoisotopic (exact) mass is 314 g/mol. The van der Waals surface area contributed by atoms with Gasteiger partial charge in [0.05, 0.1) is 23.6 Å². The van der Waals surface area contributed by atoms with E-state index in [0.29, 0.717) is 6.54 Å². The third kappa shape index (κ3) is 3.55. The van der Waals surface area contributed by atoms with Crippen molar-refractivity contribution in [1.29, 1.82) is 0 Å². The number of aromatic nitrogens is 2. The van der Waals surface area contributed by atoms with Crippen LogP contribution in [-0.2, 0) is 18.4 Å². The van der Waals surface area contributed by atoms with E-state index in [1.807, 2.05) is 42.8 Å². The van der Waals surface area contributed by atoms with Crippen LogP contribution >= 0.6 is 0 Å². The first kappa shape index (κ1) is 16.0. The van der Waals surface area contributed by atoms with Crippen molar-refractivity contribution in [2.24, 2.45) is 7.05 Å². The fourth-order valence-corrected chi connectivity index (χ4v) is 3.32. The standard InChI is InChI=1S/C18H26N4O/c1-14(22-11-7-3-4-8-12-22)18(23)19-13-17-20-15-9-5-6-10-16(15)21(17)2/h5-6,9-10,14H,3-4,7-8,11-13H2,1-2H3,(H,19,23). The van der Waals surface area contributed by atoms with Gasteiger partial charge in [-0.05, 0) is 45.0 Å². The fourth-order valence-electron chi connectivity index (χ4n) is 3.32. The zero-order chi connectivity index (χ0) is 16.2. The molecule has 0 saturated carbocycles. The molecule has 124 valence electrons. The summed E-state index contributed by atoms with van der Waals surface area (Å²) in [6, 6.07) is 7.98. The van der Waals surface area contributed by atoms with Gasteiger partial charge in [0.25, 0.3) is 0 Å². The van der Waals surface area contributed by atoms with Gasteiger partial charge in [-0.15, -0.1) is 0 Å². The molecule has 1 aliphatic heterocycles. The van der Waals surface area contributed by atoms with Gasteiger partial charge in [-0.25, -0.2) is 4.98 Å². The van der Waals surface area contributed by atoms with Crippen molar-refractivity contribution in [3.05, 3.63) is 30.1 Å². The first-order valence-electron chi connectivity index (χ1n) is 8.59. The molecule has 5 nitrogen and oxygen atoms in total. The zero-order valence-corrected chi connectivity index (χ0v) is 14.1. The number of carbonyl (C=O) groups excluding carboxylic acids is 1. The summed E-state index contributed by atoms with van der Waals surface area (Å²) < 4.78 is 2.05. The molecule has 1 amide bonds. The molecule has 0 aliphatic carbocycles. The van der Waals surface area contributed by atoms with Crippen molar-refractivity contribution in [2.45, 2.75) is 45.2 Å². The van der Waals surface area contributed by atoms with Crippen LogP contribution in [0, 0.1) is 0 Å². The van der Waals surface area contributed by atoms with Crippen molar-refractivity contribution in [3.8, 4) is 0 Å². The van der Waals surface area contributed by atoms with E-state index < -0.39 is 0 Å². The Hall–Kier alpha value is -1.88. The van der Waals surface area contributed by atoms with Crippen LogP contribution in [0.4, 0.5) is 0 Å². The van der Waals surface area contributed by atoms with Crippen molar-refractivity contribution in [1.82, 2.24) is 19.8 Å². The maximum Gasteiger partial charge on any atom is 0.237 e. The molecule has 23 heavy (non-hydrogen) atoms. The van der Waals surface area contributed by atoms with Crippen molar-refractivity contribution in [2.75, 3.05) is 13.1 Å². The summed E-state index contributed by atoms with van der Waals surface area (Å²) in [6.45, 7) is 4.54. The van der Waals surface area contributed by atoms with Crippen molar-refractivity contribution < 1.29 is 4.79 Å². The fraction of sp³-hybridized carbons (Fsp3) is 0.556. The summed E-state index contributed by atoms with van der Waals surface area (Å²) in [5.41, 5.74) is 2.07. The number of hydrogen-bond acceptors (Lipinski definition) is 3. The van der Waals surface area contributed by atoms with Gasteiger partial charge in [0.15, 0.2) is 0 Å². The van der Waals surface area contributed by atoms with Crippen LogP contribution in [0.15, 0.2) is 24.3 Å². The Morgan fingerprint density at radius 3 is 2.61 bits per heavy atom. The third-order valence-electron chi connectivity index (χ3n) is 4.87. The molecule has 0 radical (unpaired) electrons. The van der Waals surface area contributed by atoms with E-state index >= 15 is 0 Å². The lowest BCUT2D eigenvalue weighted by molar-refractivity contribution is -0.126. The third-order valence-corrected chi connectivity index (χ3v) is 4.87. The second kappa shape index (κ2) is 7.13. The number of likely N-dealkylation sites (tertiary alicyclic amines) is 1. The smallest absolute Gasteiger partial charge is 0.237 e. The Labute approximate surface area is 137 Å². The molecule has 1 aromatic heterocycles. The highest BCUT2D eigenvalue weighted by molar-refractivity contribution is 5.81. The number of carbonyl (C=O) groups is 1. The summed E-state index contributed by atoms with van der Waals surface area (Å²) in [5.74, 6) is 0.988. The molecular weight excluding hydrogens is 288 g/mol. The van der Waals surface area contributed by atoms with E-state index in [2.05, 4.69) is 15.2 Å². The Morgan fingerprint density at radius 2 is 1.91 bits per heavy atom. The number of amides is 1. The molecule has 1 fully saturated rings. The minimum Gasteiger partial charge on any atom is -0.348 e. The van der Waals surface area contributed by atoms with E-state index in [1.165, 1.54) is 25.7 Å². The predicted molar refractivity (Wildman–Crippen MR) is 92.1 cm³/mol. The van der Waals surface area contributed by atoms with Crippen molar-refractivity contribution in [3.63, 3.8) is 0 Å². The number of imidazole rings is 1. The predicted octanol–water partition coefficient (Wildman–Crippen LogP) is 2.45. The molecule has 1 N–H and O–H groups in total. The van der Waals surface area contributed by atoms with E-state index in [9.17, 15) is 4.79 Å². The normalized spacial score (nSPS) is 17.8. The van der Waals surface area contributed by atoms with Crippen LogP contribution < -0.4 is 5.32 Å². The molecule has 1 aromatic carbocycles. The molecule has 1 unspecified atom stereocenters. The van der Waals surface area contributed by atoms with Gasteiger partial charge < -0.3 is 9.88 Å². The second-order valence-corrected chi connectivity index (χ2v) is 6.42. The van der Waals surface area contributed by atoms with Crippen LogP contribution in [0.2, 0.25) is 0 Å². The molecule has 2 aromatic rings. The number of hydrogen-bond donors (Lipinski definition) is 1. The van der Waals surface area contributed by atoms with Gasteiger partial charge in [0.1, 0.15) is 5.82 Å². The van der Waals surface area contributed by atoms with Gasteiger partial charge in [-0.2, -0.15) is 0 Å². The van der Waals surface area contributed by atoms with Crippen molar-refractivity contribution >= 4 is 16.9 Å². The molecule has 0 bridgehead atoms. The summed E-state index contributed by atoms with van der Waals surface area (Å²) >= 11 is 0. The highest BCUT2D eigenvalue weighted by Gasteiger charge is 2.22. The van der Waals surface area contributed by atoms with Crippen LogP contribution in [0.1, 0.15) is 38.4 Å². The lowest BCUT2D eigenvalue weighted by Gasteiger charge is -2.26. The average Bonchev–Trinajstić information content (AvgIpc) is 2.76. The number of para-hydroxylation sites is 2. The van der Waals surface area contributed by atoms with E-state index in [4.69, 9.17) is 0 Å². The molecule has 5 heteroatoms. The quantitative estimate of drug-likeness (QED) is 0.943. The maximum absolute atomic E-state index is 12.5. The van der Waals surface area contributed by atoms with Gasteiger partial charge in [-0.3, -0.25) is 9.69 Å². The molecule has 3 rings (SSSR count). The highest BCUT2D eigenvalue weighted by Crippen LogP contribution is 2.15. The summed E-state index contributed by atoms with van der Waals surface area (Å²) in [6.07, 6.45) is 4.96. The van der Waals surface area contributed by atoms with Gasteiger partial charge in [-0.1, -0.05) is 25.0 Å². The number of nitrogens with zero attached hydrogens (tertiary/aromatic N) is 3. The summed E-state index contributed by atoms with van der Waals surface area (Å²) in [7, 11) is 2.00. The van der Waals surface area contributed by atoms with E-state index in [1.54, 1.807) is 0 Å². The molecule has 1 atom stereocenters. The number of nitrogens with one attached hydrogen (secondary N) is 1. The van der Waals surface area contributed by atoms with Crippen LogP contribution in [0.3, 0.4) is 0 Å². The van der Waals surface area contributed by atoms with Gasteiger partial charge in [0, 0.05) is 7.05 Å². The maximum atomic E-state index is 12.5. The minimum absolute atomic E-state index is 0.0669. The van der Waals surface area contributed by atoms with Crippen LogP contribution in [0.25, 0.3) is 11.0 Å². The van der Waals surface area contributed by atoms with E-state index in [0.717, 1.165) is 29.9 Å². The number of benzene rings is 1. The van der Waals surface area contributed by atoms with Crippen LogP contribution in [0.5, 0.6) is 0 Å². The first-order valence-corrected chi connectivity index (χ1v) is 8.59. The second-order valence-electron chi connectivity index (χ2n) is 6.42. The molecule has 2 heterocycles. The average molecular weight is 314 g/mol. The number of aryl methyl sites for hydroxylation is 1. The minimum atomic E-state index is -0.0669. The lowest BCUT2D eigenvalue weighted by Crippen LogP contribution is -2.45. The first-order chi connectivity index (χ1) is 11.2. The van der Waals surface area contributed by atoms with Gasteiger partial charge >= 0.3 is 0 Å². The molecule has 0 spiro atoms.